The molecule has 0 aliphatic carbocycles. The van der Waals surface area contributed by atoms with E-state index in [4.69, 9.17) is 4.74 Å². The van der Waals surface area contributed by atoms with Gasteiger partial charge in [-0.3, -0.25) is 0 Å². The standard InChI is InChI=1S/C14H25N3O2S/c1-5-7-15-12-8-14(20-11(4)10(3)18)17-13(16-12)9-19-6-2/h8,10-11,18H,5-7,9H2,1-4H3,(H,15,16,17). The lowest BCUT2D eigenvalue weighted by atomic mass is 10.3. The summed E-state index contributed by atoms with van der Waals surface area (Å²) in [6.07, 6.45) is 0.662. The summed E-state index contributed by atoms with van der Waals surface area (Å²) in [5, 5.41) is 13.8. The van der Waals surface area contributed by atoms with Crippen molar-refractivity contribution in [3.05, 3.63) is 11.9 Å². The van der Waals surface area contributed by atoms with Crippen molar-refractivity contribution in [3.8, 4) is 0 Å². The van der Waals surface area contributed by atoms with Crippen LogP contribution in [0.3, 0.4) is 0 Å². The summed E-state index contributed by atoms with van der Waals surface area (Å²) in [6, 6.07) is 1.93. The maximum Gasteiger partial charge on any atom is 0.157 e. The van der Waals surface area contributed by atoms with E-state index < -0.39 is 0 Å². The Balaban J connectivity index is 2.84. The highest BCUT2D eigenvalue weighted by Crippen LogP contribution is 2.25. The lowest BCUT2D eigenvalue weighted by Crippen LogP contribution is -2.15. The van der Waals surface area contributed by atoms with Gasteiger partial charge in [0.05, 0.1) is 6.10 Å². The Morgan fingerprint density at radius 1 is 1.35 bits per heavy atom. The summed E-state index contributed by atoms with van der Waals surface area (Å²) in [4.78, 5) is 8.91. The maximum atomic E-state index is 9.60. The molecule has 0 radical (unpaired) electrons. The Kier molecular flexibility index (Phi) is 7.87. The van der Waals surface area contributed by atoms with E-state index in [1.54, 1.807) is 18.7 Å². The molecule has 114 valence electrons. The number of hydrogen-bond donors (Lipinski definition) is 2. The summed E-state index contributed by atoms with van der Waals surface area (Å²) in [5.41, 5.74) is 0. The van der Waals surface area contributed by atoms with Crippen LogP contribution in [0.1, 0.15) is 39.9 Å². The van der Waals surface area contributed by atoms with Gasteiger partial charge in [-0.05, 0) is 20.3 Å². The molecule has 2 unspecified atom stereocenters. The van der Waals surface area contributed by atoms with E-state index in [-0.39, 0.29) is 11.4 Å². The van der Waals surface area contributed by atoms with Gasteiger partial charge in [0.15, 0.2) is 5.82 Å². The Morgan fingerprint density at radius 3 is 2.70 bits per heavy atom. The molecule has 0 aromatic carbocycles. The molecule has 20 heavy (non-hydrogen) atoms. The fourth-order valence-corrected chi connectivity index (χ4v) is 2.34. The normalized spacial score (nSPS) is 14.1. The molecule has 0 fully saturated rings. The zero-order chi connectivity index (χ0) is 15.0. The van der Waals surface area contributed by atoms with E-state index in [1.165, 1.54) is 0 Å². The van der Waals surface area contributed by atoms with Crippen LogP contribution in [0, 0.1) is 0 Å². The van der Waals surface area contributed by atoms with Gasteiger partial charge in [0, 0.05) is 24.5 Å². The third-order valence-corrected chi connectivity index (χ3v) is 3.94. The van der Waals surface area contributed by atoms with Gasteiger partial charge in [0.25, 0.3) is 0 Å². The molecule has 1 aromatic heterocycles. The van der Waals surface area contributed by atoms with Crippen molar-refractivity contribution >= 4 is 17.6 Å². The molecule has 5 nitrogen and oxygen atoms in total. The van der Waals surface area contributed by atoms with E-state index in [2.05, 4.69) is 22.2 Å². The lowest BCUT2D eigenvalue weighted by Gasteiger charge is -2.15. The highest BCUT2D eigenvalue weighted by atomic mass is 32.2. The monoisotopic (exact) mass is 299 g/mol. The third-order valence-electron chi connectivity index (χ3n) is 2.73. The Labute approximate surface area is 125 Å². The Bertz CT molecular complexity index is 376. The molecule has 2 atom stereocenters. The maximum absolute atomic E-state index is 9.60. The number of rotatable bonds is 9. The minimum absolute atomic E-state index is 0.0869. The van der Waals surface area contributed by atoms with Gasteiger partial charge in [-0.15, -0.1) is 11.8 Å². The molecule has 0 amide bonds. The van der Waals surface area contributed by atoms with Crippen molar-refractivity contribution in [1.29, 1.82) is 0 Å². The summed E-state index contributed by atoms with van der Waals surface area (Å²) < 4.78 is 5.38. The molecule has 1 heterocycles. The largest absolute Gasteiger partial charge is 0.392 e. The van der Waals surface area contributed by atoms with Crippen molar-refractivity contribution < 1.29 is 9.84 Å². The number of anilines is 1. The van der Waals surface area contributed by atoms with E-state index in [1.807, 2.05) is 19.9 Å². The number of aromatic nitrogens is 2. The summed E-state index contributed by atoms with van der Waals surface area (Å²) in [5.74, 6) is 1.49. The zero-order valence-electron chi connectivity index (χ0n) is 12.7. The first-order chi connectivity index (χ1) is 9.56. The molecular weight excluding hydrogens is 274 g/mol. The van der Waals surface area contributed by atoms with Crippen LogP contribution in [0.15, 0.2) is 11.1 Å². The molecule has 1 rings (SSSR count). The highest BCUT2D eigenvalue weighted by molar-refractivity contribution is 7.99. The second-order valence-electron chi connectivity index (χ2n) is 4.64. The van der Waals surface area contributed by atoms with Gasteiger partial charge in [-0.25, -0.2) is 9.97 Å². The minimum atomic E-state index is -0.377. The van der Waals surface area contributed by atoms with Crippen molar-refractivity contribution in [2.45, 2.75) is 57.1 Å². The summed E-state index contributed by atoms with van der Waals surface area (Å²) >= 11 is 1.55. The smallest absolute Gasteiger partial charge is 0.157 e. The van der Waals surface area contributed by atoms with E-state index in [0.29, 0.717) is 19.0 Å². The predicted octanol–water partition coefficient (Wildman–Crippen LogP) is 2.70. The SMILES string of the molecule is CCCNc1cc(SC(C)C(C)O)nc(COCC)n1. The molecule has 1 aromatic rings. The molecular formula is C14H25N3O2S. The molecule has 0 aliphatic rings. The second kappa shape index (κ2) is 9.15. The quantitative estimate of drug-likeness (QED) is 0.540. The average molecular weight is 299 g/mol. The molecule has 2 N–H and O–H groups in total. The van der Waals surface area contributed by atoms with Crippen LogP contribution >= 0.6 is 11.8 Å². The van der Waals surface area contributed by atoms with Crippen molar-refractivity contribution in [1.82, 2.24) is 9.97 Å². The lowest BCUT2D eigenvalue weighted by molar-refractivity contribution is 0.128. The van der Waals surface area contributed by atoms with Crippen molar-refractivity contribution in [2.75, 3.05) is 18.5 Å². The van der Waals surface area contributed by atoms with Crippen LogP contribution in [-0.4, -0.2) is 39.6 Å². The molecule has 0 saturated heterocycles. The molecule has 0 saturated carbocycles. The van der Waals surface area contributed by atoms with Crippen LogP contribution < -0.4 is 5.32 Å². The number of nitrogens with one attached hydrogen (secondary N) is 1. The first-order valence-corrected chi connectivity index (χ1v) is 7.99. The topological polar surface area (TPSA) is 67.3 Å². The summed E-state index contributed by atoms with van der Waals surface area (Å²) in [6.45, 7) is 9.76. The van der Waals surface area contributed by atoms with Gasteiger partial charge >= 0.3 is 0 Å². The zero-order valence-corrected chi connectivity index (χ0v) is 13.5. The van der Waals surface area contributed by atoms with E-state index in [0.717, 1.165) is 23.8 Å². The number of aliphatic hydroxyl groups is 1. The highest BCUT2D eigenvalue weighted by Gasteiger charge is 2.13. The van der Waals surface area contributed by atoms with Crippen LogP contribution in [0.5, 0.6) is 0 Å². The number of hydrogen-bond acceptors (Lipinski definition) is 6. The van der Waals surface area contributed by atoms with E-state index >= 15 is 0 Å². The summed E-state index contributed by atoms with van der Waals surface area (Å²) in [7, 11) is 0. The average Bonchev–Trinajstić information content (AvgIpc) is 2.42. The first kappa shape index (κ1) is 17.2. The number of ether oxygens (including phenoxy) is 1. The van der Waals surface area contributed by atoms with Crippen molar-refractivity contribution in [2.24, 2.45) is 0 Å². The number of thioether (sulfide) groups is 1. The Morgan fingerprint density at radius 2 is 2.10 bits per heavy atom. The molecule has 6 heteroatoms. The second-order valence-corrected chi connectivity index (χ2v) is 6.03. The number of nitrogens with zero attached hydrogens (tertiary/aromatic N) is 2. The van der Waals surface area contributed by atoms with Crippen LogP contribution in [0.25, 0.3) is 0 Å². The fourth-order valence-electron chi connectivity index (χ4n) is 1.42. The molecule has 0 bridgehead atoms. The van der Waals surface area contributed by atoms with Crippen molar-refractivity contribution in [3.63, 3.8) is 0 Å². The van der Waals surface area contributed by atoms with Gasteiger partial charge < -0.3 is 15.2 Å². The predicted molar refractivity (Wildman–Crippen MR) is 83.1 cm³/mol. The Hall–Kier alpha value is -0.850. The minimum Gasteiger partial charge on any atom is -0.392 e. The number of aliphatic hydroxyl groups excluding tert-OH is 1. The third kappa shape index (κ3) is 6.07. The van der Waals surface area contributed by atoms with Crippen LogP contribution in [0.4, 0.5) is 5.82 Å². The molecule has 0 aliphatic heterocycles. The first-order valence-electron chi connectivity index (χ1n) is 7.11. The van der Waals surface area contributed by atoms with Gasteiger partial charge in [0.1, 0.15) is 17.5 Å². The van der Waals surface area contributed by atoms with Gasteiger partial charge in [-0.1, -0.05) is 13.8 Å². The van der Waals surface area contributed by atoms with Crippen LogP contribution in [0.2, 0.25) is 0 Å². The van der Waals surface area contributed by atoms with Gasteiger partial charge in [0.2, 0.25) is 0 Å². The van der Waals surface area contributed by atoms with Crippen LogP contribution in [-0.2, 0) is 11.3 Å². The molecule has 0 spiro atoms. The van der Waals surface area contributed by atoms with E-state index in [9.17, 15) is 5.11 Å². The van der Waals surface area contributed by atoms with Gasteiger partial charge in [-0.2, -0.15) is 0 Å². The fraction of sp³-hybridized carbons (Fsp3) is 0.714.